The Hall–Kier alpha value is -2.64. The molecule has 1 amide bonds. The van der Waals surface area contributed by atoms with Gasteiger partial charge in [-0.1, -0.05) is 17.3 Å². The summed E-state index contributed by atoms with van der Waals surface area (Å²) >= 11 is 0. The van der Waals surface area contributed by atoms with Crippen molar-refractivity contribution in [1.82, 2.24) is 19.9 Å². The quantitative estimate of drug-likeness (QED) is 0.898. The number of aromatic nitrogens is 3. The molecule has 1 fully saturated rings. The highest BCUT2D eigenvalue weighted by Gasteiger charge is 2.30. The number of fused-ring (bicyclic) bond motifs is 1. The van der Waals surface area contributed by atoms with Crippen LogP contribution in [0.1, 0.15) is 32.8 Å². The Labute approximate surface area is 151 Å². The number of carbonyl (C=O) groups is 2. The van der Waals surface area contributed by atoms with Crippen LogP contribution in [0.2, 0.25) is 0 Å². The lowest BCUT2D eigenvalue weighted by atomic mass is 10.1. The van der Waals surface area contributed by atoms with Crippen LogP contribution in [0.5, 0.6) is 0 Å². The summed E-state index contributed by atoms with van der Waals surface area (Å²) in [7, 11) is 0. The number of carbonyl (C=O) groups excluding carboxylic acids is 1. The van der Waals surface area contributed by atoms with Crippen molar-refractivity contribution >= 4 is 23.1 Å². The number of amides is 1. The summed E-state index contributed by atoms with van der Waals surface area (Å²) < 4.78 is 7.19. The number of rotatable bonds is 4. The molecule has 2 heterocycles. The fourth-order valence-electron chi connectivity index (χ4n) is 3.26. The number of likely N-dealkylation sites (tertiary alicyclic amines) is 1. The van der Waals surface area contributed by atoms with E-state index >= 15 is 0 Å². The zero-order valence-corrected chi connectivity index (χ0v) is 15.3. The first-order valence-corrected chi connectivity index (χ1v) is 8.74. The van der Waals surface area contributed by atoms with Crippen LogP contribution in [-0.4, -0.2) is 55.8 Å². The Kier molecular flexibility index (Phi) is 4.84. The number of benzene rings is 1. The summed E-state index contributed by atoms with van der Waals surface area (Å²) in [6.45, 7) is 7.38. The number of hydrogen-bond donors (Lipinski definition) is 1. The Bertz CT molecular complexity index is 824. The van der Waals surface area contributed by atoms with Crippen LogP contribution in [0, 0.1) is 5.92 Å². The van der Waals surface area contributed by atoms with Gasteiger partial charge in [-0.2, -0.15) is 0 Å². The first-order valence-electron chi connectivity index (χ1n) is 8.74. The second kappa shape index (κ2) is 6.93. The number of carboxylic acid groups (broad SMARTS) is 1. The number of nitrogens with zero attached hydrogens (tertiary/aromatic N) is 4. The molecule has 1 aromatic carbocycles. The van der Waals surface area contributed by atoms with E-state index in [1.54, 1.807) is 21.7 Å². The van der Waals surface area contributed by atoms with Gasteiger partial charge >= 0.3 is 12.1 Å². The van der Waals surface area contributed by atoms with Crippen LogP contribution in [0.15, 0.2) is 18.2 Å². The van der Waals surface area contributed by atoms with E-state index in [2.05, 4.69) is 10.3 Å². The molecule has 8 heteroatoms. The third-order valence-corrected chi connectivity index (χ3v) is 4.33. The van der Waals surface area contributed by atoms with Gasteiger partial charge in [-0.15, -0.1) is 5.10 Å². The summed E-state index contributed by atoms with van der Waals surface area (Å²) in [5, 5.41) is 17.5. The molecule has 140 valence electrons. The van der Waals surface area contributed by atoms with Gasteiger partial charge in [0.2, 0.25) is 0 Å². The van der Waals surface area contributed by atoms with Gasteiger partial charge in [0.1, 0.15) is 11.1 Å². The maximum atomic E-state index is 12.2. The summed E-state index contributed by atoms with van der Waals surface area (Å²) in [4.78, 5) is 25.0. The summed E-state index contributed by atoms with van der Waals surface area (Å²) in [5.41, 5.74) is 1.63. The van der Waals surface area contributed by atoms with Crippen LogP contribution in [0.25, 0.3) is 11.0 Å². The van der Waals surface area contributed by atoms with E-state index in [4.69, 9.17) is 9.84 Å². The van der Waals surface area contributed by atoms with Crippen molar-refractivity contribution < 1.29 is 19.4 Å². The number of aliphatic carboxylic acids is 1. The molecule has 2 aromatic rings. The maximum Gasteiger partial charge on any atom is 0.410 e. The Morgan fingerprint density at radius 3 is 2.81 bits per heavy atom. The first-order chi connectivity index (χ1) is 12.2. The van der Waals surface area contributed by atoms with Gasteiger partial charge in [0.25, 0.3) is 0 Å². The third-order valence-electron chi connectivity index (χ3n) is 4.33. The number of ether oxygens (including phenoxy) is 1. The van der Waals surface area contributed by atoms with Crippen molar-refractivity contribution in [2.45, 2.75) is 45.8 Å². The SMILES string of the molecule is CC(C)(C)OC(=O)N1CCC(Cn2nnc3cccc(CC(=O)O)c32)C1. The van der Waals surface area contributed by atoms with E-state index in [1.807, 2.05) is 26.8 Å². The van der Waals surface area contributed by atoms with Gasteiger partial charge in [0.05, 0.1) is 11.9 Å². The van der Waals surface area contributed by atoms with E-state index in [0.29, 0.717) is 30.7 Å². The zero-order chi connectivity index (χ0) is 18.9. The molecule has 26 heavy (non-hydrogen) atoms. The zero-order valence-electron chi connectivity index (χ0n) is 15.3. The van der Waals surface area contributed by atoms with E-state index in [1.165, 1.54) is 0 Å². The van der Waals surface area contributed by atoms with Crippen molar-refractivity contribution in [2.24, 2.45) is 5.92 Å². The fourth-order valence-corrected chi connectivity index (χ4v) is 3.26. The average Bonchev–Trinajstić information content (AvgIpc) is 3.13. The standard InChI is InChI=1S/C18H24N4O4/c1-18(2,3)26-17(25)21-8-7-12(10-21)11-22-16-13(9-15(23)24)5-4-6-14(16)19-20-22/h4-6,12H,7-11H2,1-3H3,(H,23,24). The molecule has 0 radical (unpaired) electrons. The highest BCUT2D eigenvalue weighted by Crippen LogP contribution is 2.24. The molecule has 1 aromatic heterocycles. The predicted molar refractivity (Wildman–Crippen MR) is 94.8 cm³/mol. The summed E-state index contributed by atoms with van der Waals surface area (Å²) in [6, 6.07) is 5.41. The Morgan fingerprint density at radius 2 is 2.12 bits per heavy atom. The number of carboxylic acids is 1. The molecule has 0 aliphatic carbocycles. The van der Waals surface area contributed by atoms with E-state index in [-0.39, 0.29) is 18.4 Å². The minimum Gasteiger partial charge on any atom is -0.481 e. The van der Waals surface area contributed by atoms with Gasteiger partial charge in [0, 0.05) is 19.6 Å². The molecule has 1 aliphatic rings. The van der Waals surface area contributed by atoms with Crippen LogP contribution >= 0.6 is 0 Å². The lowest BCUT2D eigenvalue weighted by Crippen LogP contribution is -2.35. The number of hydrogen-bond acceptors (Lipinski definition) is 5. The molecule has 1 atom stereocenters. The largest absolute Gasteiger partial charge is 0.481 e. The molecule has 1 unspecified atom stereocenters. The highest BCUT2D eigenvalue weighted by molar-refractivity contribution is 5.83. The van der Waals surface area contributed by atoms with Crippen molar-refractivity contribution in [3.63, 3.8) is 0 Å². The molecular formula is C18H24N4O4. The topological polar surface area (TPSA) is 97.5 Å². The molecule has 1 N–H and O–H groups in total. The average molecular weight is 360 g/mol. The van der Waals surface area contributed by atoms with Crippen LogP contribution in [0.3, 0.4) is 0 Å². The Balaban J connectivity index is 1.72. The molecule has 0 saturated carbocycles. The fraction of sp³-hybridized carbons (Fsp3) is 0.556. The molecule has 1 aliphatic heterocycles. The summed E-state index contributed by atoms with van der Waals surface area (Å²) in [5.74, 6) is -0.660. The highest BCUT2D eigenvalue weighted by atomic mass is 16.6. The molecule has 1 saturated heterocycles. The minimum absolute atomic E-state index is 0.0700. The van der Waals surface area contributed by atoms with Gasteiger partial charge in [-0.05, 0) is 44.7 Å². The smallest absolute Gasteiger partial charge is 0.410 e. The van der Waals surface area contributed by atoms with Crippen molar-refractivity contribution in [3.05, 3.63) is 23.8 Å². The van der Waals surface area contributed by atoms with E-state index in [0.717, 1.165) is 11.9 Å². The predicted octanol–water partition coefficient (Wildman–Crippen LogP) is 2.32. The lowest BCUT2D eigenvalue weighted by molar-refractivity contribution is -0.136. The molecule has 0 spiro atoms. The molecule has 8 nitrogen and oxygen atoms in total. The normalized spacial score (nSPS) is 17.7. The van der Waals surface area contributed by atoms with Crippen LogP contribution in [-0.2, 0) is 22.5 Å². The minimum atomic E-state index is -0.887. The van der Waals surface area contributed by atoms with Crippen LogP contribution < -0.4 is 0 Å². The van der Waals surface area contributed by atoms with Gasteiger partial charge in [-0.25, -0.2) is 9.48 Å². The van der Waals surface area contributed by atoms with E-state index in [9.17, 15) is 9.59 Å². The van der Waals surface area contributed by atoms with Crippen molar-refractivity contribution in [1.29, 1.82) is 0 Å². The lowest BCUT2D eigenvalue weighted by Gasteiger charge is -2.24. The second-order valence-electron chi connectivity index (χ2n) is 7.71. The van der Waals surface area contributed by atoms with Gasteiger partial charge in [0.15, 0.2) is 0 Å². The van der Waals surface area contributed by atoms with Crippen molar-refractivity contribution in [3.8, 4) is 0 Å². The molecule has 3 rings (SSSR count). The third kappa shape index (κ3) is 4.12. The number of para-hydroxylation sites is 1. The second-order valence-corrected chi connectivity index (χ2v) is 7.71. The first kappa shape index (κ1) is 18.2. The van der Waals surface area contributed by atoms with Crippen LogP contribution in [0.4, 0.5) is 4.79 Å². The van der Waals surface area contributed by atoms with E-state index < -0.39 is 11.6 Å². The van der Waals surface area contributed by atoms with Crippen molar-refractivity contribution in [2.75, 3.05) is 13.1 Å². The molecular weight excluding hydrogens is 336 g/mol. The monoisotopic (exact) mass is 360 g/mol. The maximum absolute atomic E-state index is 12.2. The van der Waals surface area contributed by atoms with Gasteiger partial charge in [-0.3, -0.25) is 4.79 Å². The Morgan fingerprint density at radius 1 is 1.35 bits per heavy atom. The van der Waals surface area contributed by atoms with Gasteiger partial charge < -0.3 is 14.7 Å². The molecule has 0 bridgehead atoms. The summed E-state index contributed by atoms with van der Waals surface area (Å²) in [6.07, 6.45) is 0.483.